The van der Waals surface area contributed by atoms with Gasteiger partial charge in [-0.2, -0.15) is 0 Å². The Hall–Kier alpha value is -2.43. The zero-order valence-electron chi connectivity index (χ0n) is 14.7. The van der Waals surface area contributed by atoms with Crippen LogP contribution in [0, 0.1) is 0 Å². The molecular weight excluding hydrogens is 340 g/mol. The van der Waals surface area contributed by atoms with Crippen molar-refractivity contribution in [3.8, 4) is 0 Å². The Morgan fingerprint density at radius 1 is 1.00 bits per heavy atom. The van der Waals surface area contributed by atoms with Gasteiger partial charge in [0.1, 0.15) is 0 Å². The van der Waals surface area contributed by atoms with Gasteiger partial charge in [0.25, 0.3) is 0 Å². The van der Waals surface area contributed by atoms with Gasteiger partial charge < -0.3 is 9.80 Å². The first kappa shape index (κ1) is 17.0. The number of nitrogens with one attached hydrogen (secondary N) is 1. The maximum absolute atomic E-state index is 12.8. The number of fused-ring (bicyclic) bond motifs is 1. The number of rotatable bonds is 4. The SMILES string of the molecule is O=c1c(N2CC[NH+](C/C=C/c3ccccc3)CC2)csc2ccccc12. The van der Waals surface area contributed by atoms with Gasteiger partial charge in [0.15, 0.2) is 0 Å². The molecule has 0 spiro atoms. The van der Waals surface area contributed by atoms with E-state index in [9.17, 15) is 4.79 Å². The summed E-state index contributed by atoms with van der Waals surface area (Å²) in [7, 11) is 0. The second-order valence-corrected chi connectivity index (χ2v) is 7.61. The minimum Gasteiger partial charge on any atom is -0.356 e. The Labute approximate surface area is 157 Å². The van der Waals surface area contributed by atoms with Crippen LogP contribution in [0.25, 0.3) is 16.2 Å². The third kappa shape index (κ3) is 3.71. The van der Waals surface area contributed by atoms with Gasteiger partial charge in [-0.05, 0) is 23.8 Å². The highest BCUT2D eigenvalue weighted by atomic mass is 32.1. The van der Waals surface area contributed by atoms with Crippen molar-refractivity contribution in [2.45, 2.75) is 0 Å². The lowest BCUT2D eigenvalue weighted by Crippen LogP contribution is -3.14. The van der Waals surface area contributed by atoms with Crippen LogP contribution in [-0.4, -0.2) is 32.7 Å². The maximum atomic E-state index is 12.8. The predicted octanol–water partition coefficient (Wildman–Crippen LogP) is 2.68. The molecule has 0 radical (unpaired) electrons. The average molecular weight is 364 g/mol. The van der Waals surface area contributed by atoms with Gasteiger partial charge in [-0.3, -0.25) is 4.79 Å². The first-order chi connectivity index (χ1) is 12.8. The van der Waals surface area contributed by atoms with E-state index in [1.165, 1.54) is 5.56 Å². The second-order valence-electron chi connectivity index (χ2n) is 6.70. The van der Waals surface area contributed by atoms with Crippen molar-refractivity contribution >= 4 is 33.2 Å². The third-order valence-corrected chi connectivity index (χ3v) is 5.94. The normalized spacial score (nSPS) is 15.8. The Bertz CT molecular complexity index is 957. The number of benzene rings is 2. The van der Waals surface area contributed by atoms with Gasteiger partial charge in [0.2, 0.25) is 5.43 Å². The molecule has 2 heterocycles. The zero-order valence-corrected chi connectivity index (χ0v) is 15.5. The molecule has 132 valence electrons. The number of anilines is 1. The molecule has 0 atom stereocenters. The monoisotopic (exact) mass is 363 g/mol. The van der Waals surface area contributed by atoms with Crippen LogP contribution >= 0.6 is 11.3 Å². The summed E-state index contributed by atoms with van der Waals surface area (Å²) >= 11 is 1.66. The van der Waals surface area contributed by atoms with E-state index in [1.807, 2.05) is 35.7 Å². The highest BCUT2D eigenvalue weighted by molar-refractivity contribution is 7.16. The lowest BCUT2D eigenvalue weighted by molar-refractivity contribution is -0.894. The van der Waals surface area contributed by atoms with Crippen LogP contribution in [-0.2, 0) is 0 Å². The van der Waals surface area contributed by atoms with Crippen molar-refractivity contribution in [3.63, 3.8) is 0 Å². The minimum absolute atomic E-state index is 0.173. The fourth-order valence-corrected chi connectivity index (χ4v) is 4.42. The summed E-state index contributed by atoms with van der Waals surface area (Å²) in [6.07, 6.45) is 4.46. The molecule has 1 aliphatic rings. The van der Waals surface area contributed by atoms with Crippen LogP contribution in [0.5, 0.6) is 0 Å². The van der Waals surface area contributed by atoms with E-state index in [2.05, 4.69) is 41.3 Å². The Morgan fingerprint density at radius 2 is 1.73 bits per heavy atom. The number of quaternary nitrogens is 1. The molecule has 4 rings (SSSR count). The Balaban J connectivity index is 1.39. The molecule has 3 aromatic rings. The van der Waals surface area contributed by atoms with E-state index in [-0.39, 0.29) is 5.43 Å². The molecule has 0 bridgehead atoms. The third-order valence-electron chi connectivity index (χ3n) is 4.99. The summed E-state index contributed by atoms with van der Waals surface area (Å²) in [5.74, 6) is 0. The Morgan fingerprint density at radius 3 is 2.54 bits per heavy atom. The Kier molecular flexibility index (Phi) is 5.14. The topological polar surface area (TPSA) is 24.8 Å². The molecular formula is C22H23N2OS+. The maximum Gasteiger partial charge on any atom is 0.211 e. The van der Waals surface area contributed by atoms with Crippen LogP contribution in [0.2, 0.25) is 0 Å². The molecule has 1 aliphatic heterocycles. The molecule has 4 heteroatoms. The van der Waals surface area contributed by atoms with Crippen LogP contribution in [0.1, 0.15) is 5.56 Å². The van der Waals surface area contributed by atoms with Gasteiger partial charge in [-0.1, -0.05) is 48.5 Å². The summed E-state index contributed by atoms with van der Waals surface area (Å²) < 4.78 is 1.07. The lowest BCUT2D eigenvalue weighted by atomic mass is 10.2. The smallest absolute Gasteiger partial charge is 0.211 e. The van der Waals surface area contributed by atoms with Gasteiger partial charge >= 0.3 is 0 Å². The minimum atomic E-state index is 0.173. The van der Waals surface area contributed by atoms with Crippen molar-refractivity contribution in [1.82, 2.24) is 0 Å². The molecule has 0 aliphatic carbocycles. The van der Waals surface area contributed by atoms with Crippen LogP contribution in [0.4, 0.5) is 5.69 Å². The number of nitrogens with zero attached hydrogens (tertiary/aromatic N) is 1. The standard InChI is InChI=1S/C22H22N2OS/c25-22-19-10-4-5-11-21(19)26-17-20(22)24-15-13-23(14-16-24)12-6-9-18-7-2-1-3-8-18/h1-11,17H,12-16H2/p+1/b9-6+. The molecule has 26 heavy (non-hydrogen) atoms. The fourth-order valence-electron chi connectivity index (χ4n) is 3.48. The number of hydrogen-bond acceptors (Lipinski definition) is 3. The first-order valence-corrected chi connectivity index (χ1v) is 10.00. The molecule has 0 unspecified atom stereocenters. The first-order valence-electron chi connectivity index (χ1n) is 9.12. The quantitative estimate of drug-likeness (QED) is 0.771. The molecule has 1 saturated heterocycles. The molecule has 0 saturated carbocycles. The summed E-state index contributed by atoms with van der Waals surface area (Å²) in [4.78, 5) is 16.6. The summed E-state index contributed by atoms with van der Waals surface area (Å²) in [6, 6.07) is 18.3. The molecule has 3 nitrogen and oxygen atoms in total. The second kappa shape index (κ2) is 7.85. The average Bonchev–Trinajstić information content (AvgIpc) is 2.70. The van der Waals surface area contributed by atoms with Crippen molar-refractivity contribution in [3.05, 3.63) is 81.8 Å². The van der Waals surface area contributed by atoms with Crippen LogP contribution in [0.3, 0.4) is 0 Å². The molecule has 0 amide bonds. The van der Waals surface area contributed by atoms with Crippen molar-refractivity contribution in [2.24, 2.45) is 0 Å². The molecule has 2 aromatic carbocycles. The van der Waals surface area contributed by atoms with Crippen molar-refractivity contribution in [1.29, 1.82) is 0 Å². The van der Waals surface area contributed by atoms with E-state index < -0.39 is 0 Å². The van der Waals surface area contributed by atoms with E-state index in [0.29, 0.717) is 0 Å². The fraction of sp³-hybridized carbons (Fsp3) is 0.227. The molecule has 1 aromatic heterocycles. The number of hydrogen-bond donors (Lipinski definition) is 1. The van der Waals surface area contributed by atoms with Gasteiger partial charge in [0.05, 0.1) is 38.4 Å². The van der Waals surface area contributed by atoms with Crippen molar-refractivity contribution < 1.29 is 4.90 Å². The van der Waals surface area contributed by atoms with E-state index in [0.717, 1.165) is 48.5 Å². The van der Waals surface area contributed by atoms with Gasteiger partial charge in [0, 0.05) is 15.5 Å². The van der Waals surface area contributed by atoms with Crippen LogP contribution < -0.4 is 15.2 Å². The summed E-state index contributed by atoms with van der Waals surface area (Å²) in [5, 5.41) is 2.88. The highest BCUT2D eigenvalue weighted by Crippen LogP contribution is 2.21. The predicted molar refractivity (Wildman–Crippen MR) is 111 cm³/mol. The van der Waals surface area contributed by atoms with E-state index >= 15 is 0 Å². The van der Waals surface area contributed by atoms with E-state index in [4.69, 9.17) is 0 Å². The van der Waals surface area contributed by atoms with Gasteiger partial charge in [-0.25, -0.2) is 0 Å². The molecule has 1 fully saturated rings. The molecule has 1 N–H and O–H groups in total. The highest BCUT2D eigenvalue weighted by Gasteiger charge is 2.21. The largest absolute Gasteiger partial charge is 0.356 e. The lowest BCUT2D eigenvalue weighted by Gasteiger charge is -2.32. The zero-order chi connectivity index (χ0) is 17.8. The van der Waals surface area contributed by atoms with Crippen molar-refractivity contribution in [2.75, 3.05) is 37.6 Å². The summed E-state index contributed by atoms with van der Waals surface area (Å²) in [6.45, 7) is 5.04. The van der Waals surface area contributed by atoms with Crippen LogP contribution in [0.15, 0.2) is 70.8 Å². The van der Waals surface area contributed by atoms with E-state index in [1.54, 1.807) is 16.2 Å². The number of piperazine rings is 1. The summed E-state index contributed by atoms with van der Waals surface area (Å²) in [5.41, 5.74) is 2.29. The van der Waals surface area contributed by atoms with Gasteiger partial charge in [-0.15, -0.1) is 11.3 Å².